The number of hydrogen-bond donors (Lipinski definition) is 2. The van der Waals surface area contributed by atoms with Gasteiger partial charge in [-0.1, -0.05) is 12.1 Å². The number of rotatable bonds is 4. The number of ether oxygens (including phenoxy) is 1. The first-order valence-corrected chi connectivity index (χ1v) is 7.10. The third-order valence-electron chi connectivity index (χ3n) is 2.77. The van der Waals surface area contributed by atoms with Gasteiger partial charge < -0.3 is 15.8 Å². The average molecular weight is 353 g/mol. The maximum Gasteiger partial charge on any atom is 0.256 e. The van der Waals surface area contributed by atoms with Crippen molar-refractivity contribution in [1.82, 2.24) is 0 Å². The van der Waals surface area contributed by atoms with Gasteiger partial charge in [-0.05, 0) is 47.1 Å². The maximum absolute atomic E-state index is 13.3. The van der Waals surface area contributed by atoms with Crippen LogP contribution in [0.4, 0.5) is 15.8 Å². The highest BCUT2D eigenvalue weighted by molar-refractivity contribution is 9.10. The van der Waals surface area contributed by atoms with E-state index in [9.17, 15) is 9.18 Å². The van der Waals surface area contributed by atoms with E-state index in [0.29, 0.717) is 22.5 Å². The second-order valence-corrected chi connectivity index (χ2v) is 5.09. The molecule has 2 rings (SSSR count). The molecule has 2 aromatic carbocycles. The highest BCUT2D eigenvalue weighted by Gasteiger charge is 2.15. The molecule has 110 valence electrons. The van der Waals surface area contributed by atoms with Gasteiger partial charge in [0.15, 0.2) is 0 Å². The first-order chi connectivity index (χ1) is 10.0. The summed E-state index contributed by atoms with van der Waals surface area (Å²) in [6.45, 7) is 2.34. The molecule has 0 aromatic heterocycles. The number of carbonyl (C=O) groups excluding carboxylic acids is 1. The van der Waals surface area contributed by atoms with Crippen molar-refractivity contribution in [1.29, 1.82) is 0 Å². The van der Waals surface area contributed by atoms with Gasteiger partial charge in [-0.25, -0.2) is 4.39 Å². The van der Waals surface area contributed by atoms with E-state index in [0.717, 1.165) is 0 Å². The predicted octanol–water partition coefficient (Wildman–Crippen LogP) is 3.82. The lowest BCUT2D eigenvalue weighted by molar-refractivity contribution is 0.102. The van der Waals surface area contributed by atoms with E-state index in [1.165, 1.54) is 12.1 Å². The standard InChI is InChI=1S/C15H14BrFN2O2/c1-2-21-14-6-4-3-5-13(14)19-15(20)9-7-12(18)11(17)8-10(9)16/h3-8H,2,18H2,1H3,(H,19,20). The topological polar surface area (TPSA) is 64.3 Å². The van der Waals surface area contributed by atoms with Gasteiger partial charge in [-0.15, -0.1) is 0 Å². The summed E-state index contributed by atoms with van der Waals surface area (Å²) >= 11 is 3.16. The molecule has 0 saturated carbocycles. The van der Waals surface area contributed by atoms with Crippen molar-refractivity contribution in [2.45, 2.75) is 6.92 Å². The Kier molecular flexibility index (Phi) is 4.80. The summed E-state index contributed by atoms with van der Waals surface area (Å²) < 4.78 is 19.1. The van der Waals surface area contributed by atoms with Gasteiger partial charge in [0.1, 0.15) is 11.6 Å². The highest BCUT2D eigenvalue weighted by Crippen LogP contribution is 2.27. The van der Waals surface area contributed by atoms with E-state index in [1.807, 2.05) is 13.0 Å². The number of amides is 1. The van der Waals surface area contributed by atoms with Crippen molar-refractivity contribution in [3.8, 4) is 5.75 Å². The second kappa shape index (κ2) is 6.58. The fraction of sp³-hybridized carbons (Fsp3) is 0.133. The molecule has 0 aliphatic rings. The summed E-state index contributed by atoms with van der Waals surface area (Å²) in [7, 11) is 0. The average Bonchev–Trinajstić information content (AvgIpc) is 2.45. The van der Waals surface area contributed by atoms with Crippen LogP contribution in [0.2, 0.25) is 0 Å². The lowest BCUT2D eigenvalue weighted by Crippen LogP contribution is -2.14. The lowest BCUT2D eigenvalue weighted by Gasteiger charge is -2.12. The quantitative estimate of drug-likeness (QED) is 0.822. The number of nitrogen functional groups attached to an aromatic ring is 1. The first-order valence-electron chi connectivity index (χ1n) is 6.30. The summed E-state index contributed by atoms with van der Waals surface area (Å²) in [5.74, 6) is -0.409. The second-order valence-electron chi connectivity index (χ2n) is 4.24. The van der Waals surface area contributed by atoms with E-state index < -0.39 is 11.7 Å². The maximum atomic E-state index is 13.3. The van der Waals surface area contributed by atoms with Crippen molar-refractivity contribution in [2.75, 3.05) is 17.7 Å². The summed E-state index contributed by atoms with van der Waals surface area (Å²) in [4.78, 5) is 12.3. The van der Waals surface area contributed by atoms with Crippen LogP contribution in [0.15, 0.2) is 40.9 Å². The number of para-hydroxylation sites is 2. The Balaban J connectivity index is 2.28. The Morgan fingerprint density at radius 3 is 2.81 bits per heavy atom. The number of benzene rings is 2. The van der Waals surface area contributed by atoms with Crippen LogP contribution in [-0.2, 0) is 0 Å². The molecule has 3 N–H and O–H groups in total. The van der Waals surface area contributed by atoms with Gasteiger partial charge in [0.05, 0.1) is 23.5 Å². The van der Waals surface area contributed by atoms with E-state index in [2.05, 4.69) is 21.2 Å². The Hall–Kier alpha value is -2.08. The molecule has 1 amide bonds. The molecule has 0 aliphatic heterocycles. The van der Waals surface area contributed by atoms with Crippen LogP contribution in [0.25, 0.3) is 0 Å². The minimum atomic E-state index is -0.576. The molecule has 0 atom stereocenters. The summed E-state index contributed by atoms with van der Waals surface area (Å²) in [5.41, 5.74) is 6.21. The molecule has 0 bridgehead atoms. The number of carbonyl (C=O) groups is 1. The zero-order valence-corrected chi connectivity index (χ0v) is 12.9. The number of halogens is 2. The largest absolute Gasteiger partial charge is 0.492 e. The number of nitrogens with two attached hydrogens (primary N) is 1. The monoisotopic (exact) mass is 352 g/mol. The summed E-state index contributed by atoms with van der Waals surface area (Å²) in [6.07, 6.45) is 0. The first kappa shape index (κ1) is 15.3. The lowest BCUT2D eigenvalue weighted by atomic mass is 10.1. The van der Waals surface area contributed by atoms with Crippen LogP contribution in [0.5, 0.6) is 5.75 Å². The van der Waals surface area contributed by atoms with Crippen LogP contribution in [0.3, 0.4) is 0 Å². The van der Waals surface area contributed by atoms with E-state index in [-0.39, 0.29) is 11.3 Å². The molecule has 0 spiro atoms. The van der Waals surface area contributed by atoms with E-state index in [4.69, 9.17) is 10.5 Å². The minimum Gasteiger partial charge on any atom is -0.492 e. The van der Waals surface area contributed by atoms with Crippen LogP contribution in [0, 0.1) is 5.82 Å². The van der Waals surface area contributed by atoms with Gasteiger partial charge in [-0.2, -0.15) is 0 Å². The Morgan fingerprint density at radius 1 is 1.38 bits per heavy atom. The summed E-state index contributed by atoms with van der Waals surface area (Å²) in [6, 6.07) is 9.53. The van der Waals surface area contributed by atoms with Crippen LogP contribution in [0.1, 0.15) is 17.3 Å². The number of nitrogens with one attached hydrogen (secondary N) is 1. The van der Waals surface area contributed by atoms with E-state index >= 15 is 0 Å². The zero-order chi connectivity index (χ0) is 15.4. The predicted molar refractivity (Wildman–Crippen MR) is 84.1 cm³/mol. The Morgan fingerprint density at radius 2 is 2.10 bits per heavy atom. The Labute approximate surface area is 130 Å². The molecule has 0 saturated heterocycles. The van der Waals surface area contributed by atoms with Crippen molar-refractivity contribution < 1.29 is 13.9 Å². The third kappa shape index (κ3) is 3.52. The third-order valence-corrected chi connectivity index (χ3v) is 3.42. The van der Waals surface area contributed by atoms with Crippen LogP contribution >= 0.6 is 15.9 Å². The number of anilines is 2. The summed E-state index contributed by atoms with van der Waals surface area (Å²) in [5, 5.41) is 2.73. The molecule has 0 unspecified atom stereocenters. The molecular weight excluding hydrogens is 339 g/mol. The van der Waals surface area contributed by atoms with Crippen molar-refractivity contribution in [3.63, 3.8) is 0 Å². The molecule has 0 heterocycles. The van der Waals surface area contributed by atoms with Crippen molar-refractivity contribution in [2.24, 2.45) is 0 Å². The fourth-order valence-electron chi connectivity index (χ4n) is 1.78. The van der Waals surface area contributed by atoms with Crippen LogP contribution < -0.4 is 15.8 Å². The number of hydrogen-bond acceptors (Lipinski definition) is 3. The SMILES string of the molecule is CCOc1ccccc1NC(=O)c1cc(N)c(F)cc1Br. The molecular formula is C15H14BrFN2O2. The van der Waals surface area contributed by atoms with Gasteiger partial charge in [-0.3, -0.25) is 4.79 Å². The smallest absolute Gasteiger partial charge is 0.256 e. The highest BCUT2D eigenvalue weighted by atomic mass is 79.9. The molecule has 21 heavy (non-hydrogen) atoms. The Bertz CT molecular complexity index is 677. The van der Waals surface area contributed by atoms with Gasteiger partial charge in [0, 0.05) is 4.47 Å². The fourth-order valence-corrected chi connectivity index (χ4v) is 2.28. The van der Waals surface area contributed by atoms with Crippen molar-refractivity contribution >= 4 is 33.2 Å². The normalized spacial score (nSPS) is 10.2. The molecule has 4 nitrogen and oxygen atoms in total. The van der Waals surface area contributed by atoms with E-state index in [1.54, 1.807) is 18.2 Å². The van der Waals surface area contributed by atoms with Crippen molar-refractivity contribution in [3.05, 3.63) is 52.3 Å². The van der Waals surface area contributed by atoms with Gasteiger partial charge in [0.25, 0.3) is 5.91 Å². The minimum absolute atomic E-state index is 0.0820. The van der Waals surface area contributed by atoms with Crippen LogP contribution in [-0.4, -0.2) is 12.5 Å². The zero-order valence-electron chi connectivity index (χ0n) is 11.3. The van der Waals surface area contributed by atoms with Gasteiger partial charge in [0.2, 0.25) is 0 Å². The molecule has 6 heteroatoms. The molecule has 0 radical (unpaired) electrons. The molecule has 2 aromatic rings. The molecule has 0 aliphatic carbocycles. The van der Waals surface area contributed by atoms with Gasteiger partial charge >= 0.3 is 0 Å². The molecule has 0 fully saturated rings.